The van der Waals surface area contributed by atoms with E-state index in [9.17, 15) is 4.79 Å². The number of rotatable bonds is 2. The molecule has 3 aliphatic heterocycles. The Bertz CT molecular complexity index is 416. The molecule has 0 aromatic rings. The van der Waals surface area contributed by atoms with Gasteiger partial charge in [-0.05, 0) is 27.2 Å². The Morgan fingerprint density at radius 3 is 2.62 bits per heavy atom. The lowest BCUT2D eigenvalue weighted by Crippen LogP contribution is -2.82. The second-order valence-corrected chi connectivity index (χ2v) is 6.70. The van der Waals surface area contributed by atoms with Gasteiger partial charge in [-0.3, -0.25) is 4.90 Å². The number of piperidine rings is 1. The Labute approximate surface area is 125 Å². The van der Waals surface area contributed by atoms with Crippen molar-refractivity contribution in [3.8, 4) is 0 Å². The number of nitrogens with zero attached hydrogens (tertiary/aromatic N) is 2. The molecule has 3 atom stereocenters. The first-order valence-corrected chi connectivity index (χ1v) is 7.41. The highest BCUT2D eigenvalue weighted by molar-refractivity contribution is 5.69. The Hall–Kier alpha value is -0.890. The Morgan fingerprint density at radius 1 is 1.33 bits per heavy atom. The summed E-state index contributed by atoms with van der Waals surface area (Å²) in [6, 6.07) is 0. The molecule has 7 heteroatoms. The highest BCUT2D eigenvalue weighted by atomic mass is 16.7. The molecule has 7 nitrogen and oxygen atoms in total. The van der Waals surface area contributed by atoms with Gasteiger partial charge < -0.3 is 18.9 Å². The fourth-order valence-electron chi connectivity index (χ4n) is 3.30. The molecule has 3 rings (SSSR count). The van der Waals surface area contributed by atoms with Gasteiger partial charge in [-0.25, -0.2) is 9.69 Å². The summed E-state index contributed by atoms with van der Waals surface area (Å²) in [7, 11) is 1.67. The quantitative estimate of drug-likeness (QED) is 0.758. The predicted octanol–water partition coefficient (Wildman–Crippen LogP) is 0.984. The molecule has 2 bridgehead atoms. The molecule has 3 heterocycles. The van der Waals surface area contributed by atoms with E-state index in [0.717, 1.165) is 13.0 Å². The molecule has 21 heavy (non-hydrogen) atoms. The molecule has 0 spiro atoms. The average Bonchev–Trinajstić information content (AvgIpc) is 2.92. The number of carbonyl (C=O) groups is 1. The van der Waals surface area contributed by atoms with Crippen LogP contribution in [-0.2, 0) is 18.9 Å². The van der Waals surface area contributed by atoms with Crippen molar-refractivity contribution in [1.29, 1.82) is 0 Å². The summed E-state index contributed by atoms with van der Waals surface area (Å²) in [5, 5.41) is 0. The number of hydrogen-bond donors (Lipinski definition) is 0. The van der Waals surface area contributed by atoms with Crippen molar-refractivity contribution in [2.75, 3.05) is 33.5 Å². The minimum Gasteiger partial charge on any atom is -0.444 e. The van der Waals surface area contributed by atoms with Crippen LogP contribution in [0, 0.1) is 0 Å². The molecular weight excluding hydrogens is 276 g/mol. The van der Waals surface area contributed by atoms with Crippen LogP contribution in [0.25, 0.3) is 0 Å². The molecule has 0 aromatic carbocycles. The van der Waals surface area contributed by atoms with Crippen LogP contribution in [0.4, 0.5) is 4.79 Å². The fourth-order valence-corrected chi connectivity index (χ4v) is 3.30. The van der Waals surface area contributed by atoms with Crippen LogP contribution >= 0.6 is 0 Å². The van der Waals surface area contributed by atoms with Crippen molar-refractivity contribution < 1.29 is 23.7 Å². The summed E-state index contributed by atoms with van der Waals surface area (Å²) in [6.07, 6.45) is -0.0713. The molecule has 1 unspecified atom stereocenters. The molecule has 0 aliphatic carbocycles. The van der Waals surface area contributed by atoms with E-state index >= 15 is 0 Å². The number of likely N-dealkylation sites (tertiary alicyclic amines) is 1. The number of methoxy groups -OCH3 is 1. The molecule has 0 saturated carbocycles. The van der Waals surface area contributed by atoms with Crippen LogP contribution in [0.5, 0.6) is 0 Å². The third-order valence-corrected chi connectivity index (χ3v) is 4.23. The van der Waals surface area contributed by atoms with Gasteiger partial charge in [0.1, 0.15) is 18.4 Å². The monoisotopic (exact) mass is 300 g/mol. The molecule has 3 saturated heterocycles. The number of ether oxygens (including phenoxy) is 4. The van der Waals surface area contributed by atoms with Crippen molar-refractivity contribution in [3.63, 3.8) is 0 Å². The summed E-state index contributed by atoms with van der Waals surface area (Å²) < 4.78 is 22.6. The van der Waals surface area contributed by atoms with Crippen LogP contribution in [-0.4, -0.2) is 73.1 Å². The van der Waals surface area contributed by atoms with Gasteiger partial charge in [-0.1, -0.05) is 0 Å². The number of fused-ring (bicyclic) bond motifs is 2. The number of amides is 1. The van der Waals surface area contributed by atoms with Crippen molar-refractivity contribution in [2.24, 2.45) is 0 Å². The number of carbonyl (C=O) groups excluding carboxylic acids is 1. The average molecular weight is 300 g/mol. The second kappa shape index (κ2) is 5.08. The van der Waals surface area contributed by atoms with E-state index < -0.39 is 17.6 Å². The molecule has 0 aromatic heterocycles. The Kier molecular flexibility index (Phi) is 3.64. The predicted molar refractivity (Wildman–Crippen MR) is 73.5 cm³/mol. The third-order valence-electron chi connectivity index (χ3n) is 4.23. The smallest absolute Gasteiger partial charge is 0.412 e. The lowest BCUT2D eigenvalue weighted by Gasteiger charge is -2.63. The maximum Gasteiger partial charge on any atom is 0.412 e. The van der Waals surface area contributed by atoms with E-state index in [4.69, 9.17) is 18.9 Å². The molecule has 120 valence electrons. The van der Waals surface area contributed by atoms with Crippen LogP contribution in [0.1, 0.15) is 27.2 Å². The van der Waals surface area contributed by atoms with Crippen molar-refractivity contribution >= 4 is 6.09 Å². The first-order valence-electron chi connectivity index (χ1n) is 7.41. The zero-order valence-electron chi connectivity index (χ0n) is 13.1. The molecular formula is C14H24N2O5. The highest BCUT2D eigenvalue weighted by Gasteiger charge is 2.67. The standard InChI is InChI=1S/C14H24N2O5/c1-13(2,3)21-12(17)16-6-5-10-14(18-4,11(16)20-10)15-7-8-19-9-15/h10-11H,5-9H2,1-4H3/t10?,11-,14-/m1/s1. The van der Waals surface area contributed by atoms with Gasteiger partial charge in [0.15, 0.2) is 12.0 Å². The lowest BCUT2D eigenvalue weighted by molar-refractivity contribution is -0.408. The topological polar surface area (TPSA) is 60.5 Å². The second-order valence-electron chi connectivity index (χ2n) is 6.70. The van der Waals surface area contributed by atoms with Crippen LogP contribution in [0.15, 0.2) is 0 Å². The van der Waals surface area contributed by atoms with Gasteiger partial charge in [0.05, 0.1) is 6.61 Å². The first-order chi connectivity index (χ1) is 9.88. The first kappa shape index (κ1) is 15.0. The molecule has 3 aliphatic rings. The van der Waals surface area contributed by atoms with Gasteiger partial charge in [-0.15, -0.1) is 0 Å². The highest BCUT2D eigenvalue weighted by Crippen LogP contribution is 2.47. The van der Waals surface area contributed by atoms with Gasteiger partial charge in [0, 0.05) is 20.2 Å². The summed E-state index contributed by atoms with van der Waals surface area (Å²) in [6.45, 7) is 8.17. The van der Waals surface area contributed by atoms with Gasteiger partial charge >= 0.3 is 6.09 Å². The van der Waals surface area contributed by atoms with E-state index in [1.807, 2.05) is 20.8 Å². The Morgan fingerprint density at radius 2 is 2.10 bits per heavy atom. The maximum absolute atomic E-state index is 12.4. The van der Waals surface area contributed by atoms with Gasteiger partial charge in [-0.2, -0.15) is 0 Å². The van der Waals surface area contributed by atoms with Crippen LogP contribution < -0.4 is 0 Å². The normalized spacial score (nSPS) is 36.5. The van der Waals surface area contributed by atoms with Crippen LogP contribution in [0.3, 0.4) is 0 Å². The lowest BCUT2D eigenvalue weighted by atomic mass is 9.88. The van der Waals surface area contributed by atoms with E-state index in [0.29, 0.717) is 19.9 Å². The molecule has 0 N–H and O–H groups in total. The maximum atomic E-state index is 12.4. The zero-order valence-corrected chi connectivity index (χ0v) is 13.1. The van der Waals surface area contributed by atoms with E-state index in [2.05, 4.69) is 4.90 Å². The molecule has 3 fully saturated rings. The number of hydrogen-bond acceptors (Lipinski definition) is 6. The summed E-state index contributed by atoms with van der Waals surface area (Å²) in [5.41, 5.74) is -1.13. The minimum atomic E-state index is -0.606. The van der Waals surface area contributed by atoms with E-state index in [-0.39, 0.29) is 12.2 Å². The minimum absolute atomic E-state index is 0.0205. The largest absolute Gasteiger partial charge is 0.444 e. The summed E-state index contributed by atoms with van der Waals surface area (Å²) in [5.74, 6) is 0. The fraction of sp³-hybridized carbons (Fsp3) is 0.929. The van der Waals surface area contributed by atoms with Crippen molar-refractivity contribution in [3.05, 3.63) is 0 Å². The van der Waals surface area contributed by atoms with Crippen molar-refractivity contribution in [1.82, 2.24) is 9.80 Å². The summed E-state index contributed by atoms with van der Waals surface area (Å²) in [4.78, 5) is 16.1. The zero-order chi connectivity index (χ0) is 15.3. The van der Waals surface area contributed by atoms with E-state index in [1.165, 1.54) is 0 Å². The van der Waals surface area contributed by atoms with Gasteiger partial charge in [0.2, 0.25) is 0 Å². The Balaban J connectivity index is 1.78. The van der Waals surface area contributed by atoms with E-state index in [1.54, 1.807) is 12.0 Å². The molecule has 0 radical (unpaired) electrons. The molecule has 1 amide bonds. The van der Waals surface area contributed by atoms with Crippen LogP contribution in [0.2, 0.25) is 0 Å². The van der Waals surface area contributed by atoms with Gasteiger partial charge in [0.25, 0.3) is 0 Å². The van der Waals surface area contributed by atoms with Crippen molar-refractivity contribution in [2.45, 2.75) is 50.8 Å². The summed E-state index contributed by atoms with van der Waals surface area (Å²) >= 11 is 0. The SMILES string of the molecule is CO[C@]1(N2CCOC2)C2CCN(C(=O)OC(C)(C)C)[C@@H]1O2. The third kappa shape index (κ3) is 2.32.